The minimum atomic E-state index is -0.614. The van der Waals surface area contributed by atoms with Crippen LogP contribution in [-0.2, 0) is 0 Å². The third-order valence-corrected chi connectivity index (χ3v) is 4.10. The van der Waals surface area contributed by atoms with Crippen molar-refractivity contribution in [2.75, 3.05) is 5.32 Å². The van der Waals surface area contributed by atoms with Gasteiger partial charge >= 0.3 is 0 Å². The van der Waals surface area contributed by atoms with Gasteiger partial charge < -0.3 is 5.32 Å². The van der Waals surface area contributed by atoms with Crippen molar-refractivity contribution in [2.24, 2.45) is 0 Å². The first kappa shape index (κ1) is 15.7. The Morgan fingerprint density at radius 1 is 0.885 bits per heavy atom. The number of hydrogen-bond donors (Lipinski definition) is 1. The van der Waals surface area contributed by atoms with Crippen molar-refractivity contribution in [3.8, 4) is 17.2 Å². The molecule has 2 aromatic carbocycles. The number of benzene rings is 2. The standard InChI is InChI=1S/C21H13FN4/c22-20-10-18-19(13-25-20)24-12-16(11-23)21(18)26-17-8-6-15(7-9-17)14-4-2-1-3-5-14/h1-10,12-13H,(H,24,26). The molecule has 4 aromatic rings. The highest BCUT2D eigenvalue weighted by atomic mass is 19.1. The molecule has 2 heterocycles. The Balaban J connectivity index is 1.73. The van der Waals surface area contributed by atoms with Crippen LogP contribution in [0.15, 0.2) is 73.1 Å². The number of rotatable bonds is 3. The fraction of sp³-hybridized carbons (Fsp3) is 0. The third-order valence-electron chi connectivity index (χ3n) is 4.10. The minimum absolute atomic E-state index is 0.343. The van der Waals surface area contributed by atoms with Gasteiger partial charge in [-0.3, -0.25) is 4.98 Å². The average Bonchev–Trinajstić information content (AvgIpc) is 2.69. The van der Waals surface area contributed by atoms with Crippen molar-refractivity contribution in [3.63, 3.8) is 0 Å². The summed E-state index contributed by atoms with van der Waals surface area (Å²) in [7, 11) is 0. The Kier molecular flexibility index (Phi) is 4.00. The van der Waals surface area contributed by atoms with E-state index in [9.17, 15) is 9.65 Å². The van der Waals surface area contributed by atoms with Gasteiger partial charge in [-0.15, -0.1) is 0 Å². The van der Waals surface area contributed by atoms with Gasteiger partial charge in [0.15, 0.2) is 0 Å². The quantitative estimate of drug-likeness (QED) is 0.530. The maximum Gasteiger partial charge on any atom is 0.213 e. The van der Waals surface area contributed by atoms with Crippen molar-refractivity contribution in [1.82, 2.24) is 9.97 Å². The van der Waals surface area contributed by atoms with Gasteiger partial charge in [0.05, 0.1) is 23.0 Å². The van der Waals surface area contributed by atoms with Gasteiger partial charge in [0.25, 0.3) is 0 Å². The number of nitriles is 1. The molecule has 2 aromatic heterocycles. The molecule has 0 saturated carbocycles. The Morgan fingerprint density at radius 2 is 1.62 bits per heavy atom. The van der Waals surface area contributed by atoms with Crippen LogP contribution in [0.25, 0.3) is 22.0 Å². The first-order chi connectivity index (χ1) is 12.7. The zero-order valence-corrected chi connectivity index (χ0v) is 13.6. The lowest BCUT2D eigenvalue weighted by Gasteiger charge is -2.12. The van der Waals surface area contributed by atoms with Gasteiger partial charge in [-0.2, -0.15) is 9.65 Å². The van der Waals surface area contributed by atoms with Crippen molar-refractivity contribution in [2.45, 2.75) is 0 Å². The van der Waals surface area contributed by atoms with Crippen LogP contribution in [0.1, 0.15) is 5.56 Å². The topological polar surface area (TPSA) is 61.6 Å². The molecule has 0 amide bonds. The second-order valence-electron chi connectivity index (χ2n) is 5.75. The van der Waals surface area contributed by atoms with Crippen LogP contribution in [0.2, 0.25) is 0 Å². The molecule has 4 rings (SSSR count). The molecular formula is C21H13FN4. The minimum Gasteiger partial charge on any atom is -0.354 e. The highest BCUT2D eigenvalue weighted by molar-refractivity contribution is 5.95. The van der Waals surface area contributed by atoms with E-state index in [1.165, 1.54) is 18.5 Å². The van der Waals surface area contributed by atoms with Crippen molar-refractivity contribution < 1.29 is 4.39 Å². The predicted molar refractivity (Wildman–Crippen MR) is 99.4 cm³/mol. The predicted octanol–water partition coefficient (Wildman–Crippen LogP) is 5.05. The first-order valence-corrected chi connectivity index (χ1v) is 8.01. The van der Waals surface area contributed by atoms with Gasteiger partial charge in [0.2, 0.25) is 5.95 Å². The SMILES string of the molecule is N#Cc1cnc2cnc(F)cc2c1Nc1ccc(-c2ccccc2)cc1. The monoisotopic (exact) mass is 340 g/mol. The lowest BCUT2D eigenvalue weighted by Crippen LogP contribution is -1.98. The molecule has 0 bridgehead atoms. The van der Waals surface area contributed by atoms with Gasteiger partial charge in [-0.25, -0.2) is 4.98 Å². The van der Waals surface area contributed by atoms with Gasteiger partial charge in [-0.05, 0) is 23.3 Å². The van der Waals surface area contributed by atoms with E-state index in [4.69, 9.17) is 0 Å². The molecule has 4 nitrogen and oxygen atoms in total. The van der Waals surface area contributed by atoms with Crippen molar-refractivity contribution in [1.29, 1.82) is 5.26 Å². The van der Waals surface area contributed by atoms with Gasteiger partial charge in [0.1, 0.15) is 6.07 Å². The zero-order chi connectivity index (χ0) is 17.9. The summed E-state index contributed by atoms with van der Waals surface area (Å²) in [6, 6.07) is 21.3. The van der Waals surface area contributed by atoms with E-state index in [2.05, 4.69) is 21.4 Å². The molecule has 5 heteroatoms. The number of aromatic nitrogens is 2. The van der Waals surface area contributed by atoms with Crippen LogP contribution in [0.4, 0.5) is 15.8 Å². The number of anilines is 2. The fourth-order valence-corrected chi connectivity index (χ4v) is 2.81. The van der Waals surface area contributed by atoms with E-state index < -0.39 is 5.95 Å². The Labute approximate surface area is 149 Å². The number of nitrogens with one attached hydrogen (secondary N) is 1. The molecule has 124 valence electrons. The number of nitrogens with zero attached hydrogens (tertiary/aromatic N) is 3. The van der Waals surface area contributed by atoms with Crippen LogP contribution >= 0.6 is 0 Å². The Hall–Kier alpha value is -3.78. The van der Waals surface area contributed by atoms with E-state index in [1.54, 1.807) is 0 Å². The number of fused-ring (bicyclic) bond motifs is 1. The van der Waals surface area contributed by atoms with Crippen LogP contribution < -0.4 is 5.32 Å². The van der Waals surface area contributed by atoms with Crippen LogP contribution in [0.3, 0.4) is 0 Å². The fourth-order valence-electron chi connectivity index (χ4n) is 2.81. The molecule has 0 saturated heterocycles. The summed E-state index contributed by atoms with van der Waals surface area (Å²) in [5.41, 5.74) is 4.40. The maximum absolute atomic E-state index is 13.6. The van der Waals surface area contributed by atoms with E-state index in [-0.39, 0.29) is 0 Å². The summed E-state index contributed by atoms with van der Waals surface area (Å²) in [4.78, 5) is 7.77. The Morgan fingerprint density at radius 3 is 2.35 bits per heavy atom. The highest BCUT2D eigenvalue weighted by Gasteiger charge is 2.11. The highest BCUT2D eigenvalue weighted by Crippen LogP contribution is 2.30. The lowest BCUT2D eigenvalue weighted by atomic mass is 10.1. The van der Waals surface area contributed by atoms with Crippen molar-refractivity contribution in [3.05, 3.63) is 84.6 Å². The van der Waals surface area contributed by atoms with Crippen LogP contribution in [0.5, 0.6) is 0 Å². The van der Waals surface area contributed by atoms with Crippen LogP contribution in [-0.4, -0.2) is 9.97 Å². The van der Waals surface area contributed by atoms with E-state index in [1.807, 2.05) is 54.6 Å². The smallest absolute Gasteiger partial charge is 0.213 e. The molecule has 0 radical (unpaired) electrons. The Bertz CT molecular complexity index is 1120. The number of halogens is 1. The molecular weight excluding hydrogens is 327 g/mol. The van der Waals surface area contributed by atoms with Gasteiger partial charge in [-0.1, -0.05) is 42.5 Å². The van der Waals surface area contributed by atoms with Crippen molar-refractivity contribution >= 4 is 22.3 Å². The summed E-state index contributed by atoms with van der Waals surface area (Å²) in [6.45, 7) is 0. The first-order valence-electron chi connectivity index (χ1n) is 8.01. The third kappa shape index (κ3) is 2.96. The molecule has 0 aliphatic heterocycles. The largest absolute Gasteiger partial charge is 0.354 e. The second kappa shape index (κ2) is 6.61. The molecule has 0 aliphatic carbocycles. The number of pyridine rings is 2. The molecule has 26 heavy (non-hydrogen) atoms. The molecule has 0 spiro atoms. The summed E-state index contributed by atoms with van der Waals surface area (Å²) >= 11 is 0. The normalized spacial score (nSPS) is 10.5. The second-order valence-corrected chi connectivity index (χ2v) is 5.75. The summed E-state index contributed by atoms with van der Waals surface area (Å²) in [5, 5.41) is 13.1. The maximum atomic E-state index is 13.6. The zero-order valence-electron chi connectivity index (χ0n) is 13.6. The summed E-state index contributed by atoms with van der Waals surface area (Å²) in [5.74, 6) is -0.614. The van der Waals surface area contributed by atoms with Gasteiger partial charge in [0, 0.05) is 23.3 Å². The number of hydrogen-bond acceptors (Lipinski definition) is 4. The average molecular weight is 340 g/mol. The molecule has 0 unspecified atom stereocenters. The molecule has 0 fully saturated rings. The summed E-state index contributed by atoms with van der Waals surface area (Å²) < 4.78 is 13.6. The van der Waals surface area contributed by atoms with E-state index in [0.29, 0.717) is 22.2 Å². The molecule has 0 atom stereocenters. The van der Waals surface area contributed by atoms with E-state index in [0.717, 1.165) is 16.8 Å². The van der Waals surface area contributed by atoms with E-state index >= 15 is 0 Å². The summed E-state index contributed by atoms with van der Waals surface area (Å²) in [6.07, 6.45) is 2.82. The molecule has 0 aliphatic rings. The van der Waals surface area contributed by atoms with Crippen LogP contribution in [0, 0.1) is 17.3 Å². The molecule has 1 N–H and O–H groups in total. The lowest BCUT2D eigenvalue weighted by molar-refractivity contribution is 0.586.